The van der Waals surface area contributed by atoms with Crippen molar-refractivity contribution in [2.45, 2.75) is 85.0 Å². The Morgan fingerprint density at radius 3 is 1.69 bits per heavy atom. The minimum Gasteiger partial charge on any atom is -0.310 e. The van der Waals surface area contributed by atoms with Crippen LogP contribution in [-0.2, 0) is 22.7 Å². The van der Waals surface area contributed by atoms with Gasteiger partial charge in [-0.05, 0) is 121 Å². The molecule has 42 heavy (non-hydrogen) atoms. The van der Waals surface area contributed by atoms with Crippen molar-refractivity contribution in [1.82, 2.24) is 0 Å². The molecule has 0 aromatic heterocycles. The molecule has 0 amide bonds. The van der Waals surface area contributed by atoms with Gasteiger partial charge < -0.3 is 4.90 Å². The lowest BCUT2D eigenvalue weighted by molar-refractivity contribution is 0.590. The highest BCUT2D eigenvalue weighted by atomic mass is 15.1. The van der Waals surface area contributed by atoms with E-state index in [-0.39, 0.29) is 16.2 Å². The molecule has 0 fully saturated rings. The topological polar surface area (TPSA) is 3.24 Å². The summed E-state index contributed by atoms with van der Waals surface area (Å²) in [4.78, 5) is 2.47. The number of hydrogen-bond acceptors (Lipinski definition) is 1. The van der Waals surface area contributed by atoms with Gasteiger partial charge in [0, 0.05) is 22.5 Å². The van der Waals surface area contributed by atoms with Crippen molar-refractivity contribution in [2.75, 3.05) is 4.90 Å². The molecule has 0 spiro atoms. The zero-order valence-corrected chi connectivity index (χ0v) is 26.7. The van der Waals surface area contributed by atoms with Crippen LogP contribution in [0, 0.1) is 6.92 Å². The maximum atomic E-state index is 2.49. The van der Waals surface area contributed by atoms with E-state index in [1.807, 2.05) is 0 Å². The summed E-state index contributed by atoms with van der Waals surface area (Å²) < 4.78 is 0. The smallest absolute Gasteiger partial charge is 0.0467 e. The van der Waals surface area contributed by atoms with Crippen LogP contribution < -0.4 is 4.90 Å². The van der Waals surface area contributed by atoms with Crippen LogP contribution in [0.5, 0.6) is 0 Å². The number of rotatable bonds is 3. The molecule has 0 saturated heterocycles. The van der Waals surface area contributed by atoms with Crippen LogP contribution in [0.1, 0.15) is 94.3 Å². The van der Waals surface area contributed by atoms with E-state index in [9.17, 15) is 0 Å². The van der Waals surface area contributed by atoms with Gasteiger partial charge >= 0.3 is 0 Å². The molecule has 0 N–H and O–H groups in total. The minimum atomic E-state index is -0.0658. The van der Waals surface area contributed by atoms with E-state index < -0.39 is 0 Å². The maximum absolute atomic E-state index is 2.49. The summed E-state index contributed by atoms with van der Waals surface area (Å²) in [6.45, 7) is 20.8. The lowest BCUT2D eigenvalue weighted by Crippen LogP contribution is -2.18. The van der Waals surface area contributed by atoms with Crippen molar-refractivity contribution in [1.29, 1.82) is 0 Å². The van der Waals surface area contributed by atoms with Crippen molar-refractivity contribution in [2.24, 2.45) is 0 Å². The van der Waals surface area contributed by atoms with E-state index in [1.54, 1.807) is 0 Å². The molecule has 0 saturated carbocycles. The number of nitrogens with zero attached hydrogens (tertiary/aromatic N) is 1. The average molecular weight is 550 g/mol. The standard InChI is InChI=1S/C41H43N/c1-25-21-34-38-36-26(11-10-12-33(25)36)22-27-23-32(24-35(37(27)38)41(34,8)9)42(30-17-13-28(14-18-30)39(2,3)4)31-19-15-29(16-20-31)40(5,6)7/h10-21,23-24H,22H2,1-9H3. The van der Waals surface area contributed by atoms with Crippen LogP contribution in [0.4, 0.5) is 17.1 Å². The normalized spacial score (nSPS) is 14.9. The summed E-state index contributed by atoms with van der Waals surface area (Å²) in [5, 5.41) is 2.89. The molecule has 0 heterocycles. The van der Waals surface area contributed by atoms with Gasteiger partial charge in [0.15, 0.2) is 0 Å². The summed E-state index contributed by atoms with van der Waals surface area (Å²) in [7, 11) is 0. The maximum Gasteiger partial charge on any atom is 0.0467 e. The average Bonchev–Trinajstić information content (AvgIpc) is 3.15. The van der Waals surface area contributed by atoms with E-state index in [4.69, 9.17) is 0 Å². The van der Waals surface area contributed by atoms with Crippen molar-refractivity contribution in [3.63, 3.8) is 0 Å². The highest BCUT2D eigenvalue weighted by molar-refractivity contribution is 6.08. The first kappa shape index (κ1) is 27.0. The number of anilines is 3. The van der Waals surface area contributed by atoms with Crippen LogP contribution in [0.3, 0.4) is 0 Å². The minimum absolute atomic E-state index is 0.0658. The van der Waals surface area contributed by atoms with E-state index in [1.165, 1.54) is 77.9 Å². The highest BCUT2D eigenvalue weighted by Crippen LogP contribution is 2.57. The highest BCUT2D eigenvalue weighted by Gasteiger charge is 2.41. The Labute approximate surface area is 252 Å². The number of aryl methyl sites for hydroxylation is 1. The quantitative estimate of drug-likeness (QED) is 0.212. The molecule has 0 aliphatic heterocycles. The molecule has 5 aromatic rings. The van der Waals surface area contributed by atoms with Gasteiger partial charge in [0.2, 0.25) is 0 Å². The van der Waals surface area contributed by atoms with E-state index in [2.05, 4.69) is 152 Å². The molecule has 1 nitrogen and oxygen atoms in total. The van der Waals surface area contributed by atoms with Gasteiger partial charge in [0.1, 0.15) is 0 Å². The van der Waals surface area contributed by atoms with Crippen molar-refractivity contribution >= 4 is 27.8 Å². The molecular weight excluding hydrogens is 506 g/mol. The second-order valence-corrected chi connectivity index (χ2v) is 15.2. The molecular formula is C41H43N. The molecule has 0 bridgehead atoms. The van der Waals surface area contributed by atoms with E-state index in [0.717, 1.165) is 6.42 Å². The third-order valence-electron chi connectivity index (χ3n) is 9.88. The molecule has 0 radical (unpaired) electrons. The van der Waals surface area contributed by atoms with E-state index in [0.29, 0.717) is 0 Å². The van der Waals surface area contributed by atoms with Crippen molar-refractivity contribution in [3.8, 4) is 11.1 Å². The third kappa shape index (κ3) is 3.97. The summed E-state index contributed by atoms with van der Waals surface area (Å²) in [6.07, 6.45) is 0.971. The Balaban J connectivity index is 1.46. The number of benzene rings is 5. The summed E-state index contributed by atoms with van der Waals surface area (Å²) in [5.41, 5.74) is 16.7. The summed E-state index contributed by atoms with van der Waals surface area (Å²) >= 11 is 0. The second kappa shape index (κ2) is 8.83. The fraction of sp³-hybridized carbons (Fsp3) is 0.317. The Kier molecular flexibility index (Phi) is 5.68. The van der Waals surface area contributed by atoms with Gasteiger partial charge in [-0.3, -0.25) is 0 Å². The monoisotopic (exact) mass is 549 g/mol. The zero-order chi connectivity index (χ0) is 29.8. The van der Waals surface area contributed by atoms with Crippen LogP contribution >= 0.6 is 0 Å². The summed E-state index contributed by atoms with van der Waals surface area (Å²) in [6, 6.07) is 32.8. The van der Waals surface area contributed by atoms with Crippen LogP contribution in [-0.4, -0.2) is 0 Å². The van der Waals surface area contributed by atoms with Gasteiger partial charge in [-0.2, -0.15) is 0 Å². The number of hydrogen-bond donors (Lipinski definition) is 0. The zero-order valence-electron chi connectivity index (χ0n) is 26.7. The fourth-order valence-electron chi connectivity index (χ4n) is 7.39. The van der Waals surface area contributed by atoms with Crippen molar-refractivity contribution < 1.29 is 0 Å². The Morgan fingerprint density at radius 1 is 0.595 bits per heavy atom. The molecule has 212 valence electrons. The Bertz CT molecular complexity index is 1810. The molecule has 7 rings (SSSR count). The van der Waals surface area contributed by atoms with Gasteiger partial charge in [-0.15, -0.1) is 0 Å². The lowest BCUT2D eigenvalue weighted by atomic mass is 9.81. The Morgan fingerprint density at radius 2 is 1.14 bits per heavy atom. The Hall–Kier alpha value is -3.84. The molecule has 5 aromatic carbocycles. The largest absolute Gasteiger partial charge is 0.310 e. The second-order valence-electron chi connectivity index (χ2n) is 15.2. The van der Waals surface area contributed by atoms with Crippen molar-refractivity contribution in [3.05, 3.63) is 124 Å². The van der Waals surface area contributed by atoms with Crippen LogP contribution in [0.25, 0.3) is 21.9 Å². The molecule has 2 aliphatic rings. The molecule has 0 unspecified atom stereocenters. The first-order valence-corrected chi connectivity index (χ1v) is 15.5. The van der Waals surface area contributed by atoms with Gasteiger partial charge in [0.25, 0.3) is 0 Å². The predicted octanol–water partition coefficient (Wildman–Crippen LogP) is 11.4. The van der Waals surface area contributed by atoms with Gasteiger partial charge in [0.05, 0.1) is 0 Å². The van der Waals surface area contributed by atoms with Gasteiger partial charge in [-0.1, -0.05) is 104 Å². The lowest BCUT2D eigenvalue weighted by Gasteiger charge is -2.30. The van der Waals surface area contributed by atoms with Crippen LogP contribution in [0.15, 0.2) is 84.9 Å². The molecule has 1 heteroatoms. The molecule has 2 aliphatic carbocycles. The predicted molar refractivity (Wildman–Crippen MR) is 181 cm³/mol. The van der Waals surface area contributed by atoms with E-state index >= 15 is 0 Å². The summed E-state index contributed by atoms with van der Waals surface area (Å²) in [5.74, 6) is 0. The first-order valence-electron chi connectivity index (χ1n) is 15.5. The third-order valence-corrected chi connectivity index (χ3v) is 9.88. The molecule has 0 atom stereocenters. The fourth-order valence-corrected chi connectivity index (χ4v) is 7.39. The first-order chi connectivity index (χ1) is 19.7. The SMILES string of the molecule is Cc1cc2c3c4c(cccc14)Cc1cc(N(c4ccc(C(C)(C)C)cc4)c4ccc(C(C)(C)C)cc4)cc(c1-3)C2(C)C. The van der Waals surface area contributed by atoms with Gasteiger partial charge in [-0.25, -0.2) is 0 Å². The van der Waals surface area contributed by atoms with Crippen LogP contribution in [0.2, 0.25) is 0 Å².